The van der Waals surface area contributed by atoms with Crippen molar-refractivity contribution in [3.63, 3.8) is 0 Å². The van der Waals surface area contributed by atoms with Gasteiger partial charge in [0.2, 0.25) is 0 Å². The Morgan fingerprint density at radius 1 is 1.24 bits per heavy atom. The lowest BCUT2D eigenvalue weighted by molar-refractivity contribution is 0.00578. The molecule has 1 saturated heterocycles. The Hall–Kier alpha value is -2.00. The lowest BCUT2D eigenvalue weighted by atomic mass is 9.79. The quantitative estimate of drug-likeness (QED) is 0.764. The highest BCUT2D eigenvalue weighted by Gasteiger charge is 2.51. The SMILES string of the molecule is CC(Cn1cnnn1)Oc1cc(B2OC(C)(C)C(C)(C)O2)ccc1F. The van der Waals surface area contributed by atoms with Crippen LogP contribution in [0, 0.1) is 5.82 Å². The molecular weight excluding hydrogens is 326 g/mol. The molecule has 2 heterocycles. The number of nitrogens with zero attached hydrogens (tertiary/aromatic N) is 4. The first kappa shape index (κ1) is 17.8. The normalized spacial score (nSPS) is 19.8. The summed E-state index contributed by atoms with van der Waals surface area (Å²) >= 11 is 0. The summed E-state index contributed by atoms with van der Waals surface area (Å²) < 4.78 is 33.4. The molecule has 0 aliphatic carbocycles. The summed E-state index contributed by atoms with van der Waals surface area (Å²) in [4.78, 5) is 0. The van der Waals surface area contributed by atoms with E-state index in [1.807, 2.05) is 34.6 Å². The number of rotatable bonds is 5. The number of benzene rings is 1. The van der Waals surface area contributed by atoms with E-state index in [1.165, 1.54) is 17.1 Å². The minimum atomic E-state index is -0.567. The second kappa shape index (κ2) is 6.38. The van der Waals surface area contributed by atoms with E-state index in [4.69, 9.17) is 14.0 Å². The third-order valence-electron chi connectivity index (χ3n) is 4.64. The van der Waals surface area contributed by atoms with Gasteiger partial charge in [-0.25, -0.2) is 9.07 Å². The molecule has 1 atom stereocenters. The zero-order chi connectivity index (χ0) is 18.2. The Balaban J connectivity index is 1.75. The van der Waals surface area contributed by atoms with Gasteiger partial charge in [-0.2, -0.15) is 0 Å². The van der Waals surface area contributed by atoms with E-state index in [0.717, 1.165) is 0 Å². The van der Waals surface area contributed by atoms with Crippen LogP contribution in [0.1, 0.15) is 34.6 Å². The number of ether oxygens (including phenoxy) is 1. The first-order chi connectivity index (χ1) is 11.7. The monoisotopic (exact) mass is 348 g/mol. The maximum atomic E-state index is 14.1. The summed E-state index contributed by atoms with van der Waals surface area (Å²) in [5.41, 5.74) is -0.203. The van der Waals surface area contributed by atoms with Crippen LogP contribution in [0.25, 0.3) is 0 Å². The molecule has 134 valence electrons. The smallest absolute Gasteiger partial charge is 0.486 e. The minimum absolute atomic E-state index is 0.146. The Morgan fingerprint density at radius 3 is 2.52 bits per heavy atom. The van der Waals surface area contributed by atoms with Crippen molar-refractivity contribution in [3.8, 4) is 5.75 Å². The average molecular weight is 348 g/mol. The molecule has 2 aromatic rings. The van der Waals surface area contributed by atoms with Crippen LogP contribution in [0.15, 0.2) is 24.5 Å². The van der Waals surface area contributed by atoms with Gasteiger partial charge in [-0.1, -0.05) is 6.07 Å². The molecule has 1 aromatic heterocycles. The maximum absolute atomic E-state index is 14.1. The third kappa shape index (κ3) is 3.67. The van der Waals surface area contributed by atoms with Gasteiger partial charge in [0.25, 0.3) is 0 Å². The van der Waals surface area contributed by atoms with Gasteiger partial charge in [0.05, 0.1) is 17.7 Å². The molecule has 3 rings (SSSR count). The van der Waals surface area contributed by atoms with Crippen LogP contribution in [0.4, 0.5) is 4.39 Å². The van der Waals surface area contributed by atoms with Crippen molar-refractivity contribution in [3.05, 3.63) is 30.3 Å². The van der Waals surface area contributed by atoms with E-state index in [1.54, 1.807) is 12.1 Å². The van der Waals surface area contributed by atoms with Crippen molar-refractivity contribution in [2.24, 2.45) is 0 Å². The summed E-state index contributed by atoms with van der Waals surface area (Å²) in [7, 11) is -0.567. The summed E-state index contributed by atoms with van der Waals surface area (Å²) in [5, 5.41) is 10.9. The highest BCUT2D eigenvalue weighted by Crippen LogP contribution is 2.36. The molecule has 1 aromatic carbocycles. The fourth-order valence-corrected chi connectivity index (χ4v) is 2.52. The van der Waals surface area contributed by atoms with Crippen molar-refractivity contribution < 1.29 is 18.4 Å². The largest absolute Gasteiger partial charge is 0.494 e. The number of hydrogen-bond donors (Lipinski definition) is 0. The summed E-state index contributed by atoms with van der Waals surface area (Å²) in [6.45, 7) is 10.1. The summed E-state index contributed by atoms with van der Waals surface area (Å²) in [6, 6.07) is 4.63. The molecule has 0 bridgehead atoms. The maximum Gasteiger partial charge on any atom is 0.494 e. The van der Waals surface area contributed by atoms with Crippen LogP contribution in [0.5, 0.6) is 5.75 Å². The molecular formula is C16H22BFN4O3. The molecule has 0 saturated carbocycles. The number of hydrogen-bond acceptors (Lipinski definition) is 6. The van der Waals surface area contributed by atoms with Crippen molar-refractivity contribution in [1.29, 1.82) is 0 Å². The van der Waals surface area contributed by atoms with E-state index < -0.39 is 24.1 Å². The summed E-state index contributed by atoms with van der Waals surface area (Å²) in [5.74, 6) is -0.295. The third-order valence-corrected chi connectivity index (χ3v) is 4.64. The molecule has 0 radical (unpaired) electrons. The minimum Gasteiger partial charge on any atom is -0.486 e. The van der Waals surface area contributed by atoms with Gasteiger partial charge in [-0.05, 0) is 62.6 Å². The van der Waals surface area contributed by atoms with E-state index in [0.29, 0.717) is 12.0 Å². The van der Waals surface area contributed by atoms with E-state index in [-0.39, 0.29) is 11.9 Å². The molecule has 1 aliphatic heterocycles. The van der Waals surface area contributed by atoms with Crippen molar-refractivity contribution in [2.45, 2.75) is 58.5 Å². The topological polar surface area (TPSA) is 71.3 Å². The molecule has 9 heteroatoms. The molecule has 1 aliphatic rings. The first-order valence-electron chi connectivity index (χ1n) is 8.20. The van der Waals surface area contributed by atoms with Gasteiger partial charge < -0.3 is 14.0 Å². The Labute approximate surface area is 146 Å². The Kier molecular flexibility index (Phi) is 4.55. The highest BCUT2D eigenvalue weighted by atomic mass is 19.1. The fraction of sp³-hybridized carbons (Fsp3) is 0.562. The second-order valence-electron chi connectivity index (χ2n) is 7.24. The number of tetrazole rings is 1. The van der Waals surface area contributed by atoms with E-state index in [9.17, 15) is 4.39 Å². The highest BCUT2D eigenvalue weighted by molar-refractivity contribution is 6.62. The van der Waals surface area contributed by atoms with Crippen LogP contribution in [0.3, 0.4) is 0 Å². The van der Waals surface area contributed by atoms with Crippen LogP contribution in [-0.2, 0) is 15.9 Å². The van der Waals surface area contributed by atoms with Gasteiger partial charge in [-0.15, -0.1) is 5.10 Å². The molecule has 7 nitrogen and oxygen atoms in total. The first-order valence-corrected chi connectivity index (χ1v) is 8.20. The lowest BCUT2D eigenvalue weighted by Gasteiger charge is -2.32. The zero-order valence-corrected chi connectivity index (χ0v) is 15.1. The second-order valence-corrected chi connectivity index (χ2v) is 7.24. The van der Waals surface area contributed by atoms with Crippen molar-refractivity contribution in [2.75, 3.05) is 0 Å². The van der Waals surface area contributed by atoms with Crippen molar-refractivity contribution >= 4 is 12.6 Å². The van der Waals surface area contributed by atoms with E-state index >= 15 is 0 Å². The van der Waals surface area contributed by atoms with Crippen LogP contribution in [0.2, 0.25) is 0 Å². The van der Waals surface area contributed by atoms with Gasteiger partial charge in [0, 0.05) is 0 Å². The van der Waals surface area contributed by atoms with Crippen LogP contribution >= 0.6 is 0 Å². The summed E-state index contributed by atoms with van der Waals surface area (Å²) in [6.07, 6.45) is 1.17. The lowest BCUT2D eigenvalue weighted by Crippen LogP contribution is -2.41. The number of aromatic nitrogens is 4. The van der Waals surface area contributed by atoms with Crippen molar-refractivity contribution in [1.82, 2.24) is 20.2 Å². The predicted octanol–water partition coefficient (Wildman–Crippen LogP) is 1.58. The molecule has 1 fully saturated rings. The average Bonchev–Trinajstić information content (AvgIpc) is 3.07. The van der Waals surface area contributed by atoms with Gasteiger partial charge in [-0.3, -0.25) is 0 Å². The zero-order valence-electron chi connectivity index (χ0n) is 15.1. The Morgan fingerprint density at radius 2 is 1.92 bits per heavy atom. The van der Waals surface area contributed by atoms with Crippen LogP contribution in [-0.4, -0.2) is 44.6 Å². The molecule has 25 heavy (non-hydrogen) atoms. The fourth-order valence-electron chi connectivity index (χ4n) is 2.52. The molecule has 1 unspecified atom stereocenters. The van der Waals surface area contributed by atoms with Gasteiger partial charge >= 0.3 is 7.12 Å². The molecule has 0 N–H and O–H groups in total. The molecule has 0 spiro atoms. The molecule has 0 amide bonds. The number of halogens is 1. The van der Waals surface area contributed by atoms with Gasteiger partial charge in [0.1, 0.15) is 12.4 Å². The van der Waals surface area contributed by atoms with E-state index in [2.05, 4.69) is 15.5 Å². The predicted molar refractivity (Wildman–Crippen MR) is 90.0 cm³/mol. The van der Waals surface area contributed by atoms with Gasteiger partial charge in [0.15, 0.2) is 11.6 Å². The Bertz CT molecular complexity index is 723. The van der Waals surface area contributed by atoms with Crippen LogP contribution < -0.4 is 10.2 Å². The standard InChI is InChI=1S/C16H22BFN4O3/c1-11(9-22-10-19-20-21-22)23-14-8-12(6-7-13(14)18)17-24-15(2,3)16(4,5)25-17/h6-8,10-11H,9H2,1-5H3.